The van der Waals surface area contributed by atoms with Crippen molar-refractivity contribution in [2.75, 3.05) is 13.2 Å². The molecule has 1 aliphatic carbocycles. The number of hydrogen-bond donors (Lipinski definition) is 6. The number of rotatable bonds is 26. The quantitative estimate of drug-likeness (QED) is 0.0440. The molecule has 13 nitrogen and oxygen atoms in total. The summed E-state index contributed by atoms with van der Waals surface area (Å²) in [5.74, 6) is -1.11. The van der Waals surface area contributed by atoms with Crippen molar-refractivity contribution in [1.29, 1.82) is 0 Å². The molecule has 0 radical (unpaired) electrons. The molecule has 14 heteroatoms. The van der Waals surface area contributed by atoms with Gasteiger partial charge in [-0.25, -0.2) is 4.57 Å². The lowest BCUT2D eigenvalue weighted by atomic mass is 9.85. The highest BCUT2D eigenvalue weighted by atomic mass is 31.2. The van der Waals surface area contributed by atoms with Crippen LogP contribution in [0.4, 0.5) is 0 Å². The number of carbonyl (C=O) groups is 2. The van der Waals surface area contributed by atoms with Gasteiger partial charge in [0, 0.05) is 12.8 Å². The maximum atomic E-state index is 12.6. The third kappa shape index (κ3) is 18.1. The van der Waals surface area contributed by atoms with Gasteiger partial charge in [0.1, 0.15) is 43.2 Å². The van der Waals surface area contributed by atoms with Crippen LogP contribution in [0.5, 0.6) is 0 Å². The van der Waals surface area contributed by atoms with E-state index in [1.54, 1.807) is 0 Å². The van der Waals surface area contributed by atoms with E-state index in [-0.39, 0.29) is 12.8 Å². The Bertz CT molecular complexity index is 828. The fourth-order valence-corrected chi connectivity index (χ4v) is 6.08. The summed E-state index contributed by atoms with van der Waals surface area (Å²) in [5, 5.41) is 49.6. The fraction of sp³-hybridized carbons (Fsp3) is 0.935. The molecule has 266 valence electrons. The summed E-state index contributed by atoms with van der Waals surface area (Å²) in [6, 6.07) is 0. The van der Waals surface area contributed by atoms with Crippen LogP contribution >= 0.6 is 7.82 Å². The van der Waals surface area contributed by atoms with Crippen LogP contribution in [0.2, 0.25) is 0 Å². The Balaban J connectivity index is 2.58. The van der Waals surface area contributed by atoms with Crippen molar-refractivity contribution in [1.82, 2.24) is 0 Å². The smallest absolute Gasteiger partial charge is 0.462 e. The maximum Gasteiger partial charge on any atom is 0.472 e. The van der Waals surface area contributed by atoms with Crippen molar-refractivity contribution >= 4 is 19.8 Å². The molecule has 6 N–H and O–H groups in total. The first kappa shape index (κ1) is 41.9. The molecule has 1 aliphatic rings. The highest BCUT2D eigenvalue weighted by Crippen LogP contribution is 2.47. The van der Waals surface area contributed by atoms with E-state index in [0.29, 0.717) is 12.8 Å². The number of hydrogen-bond acceptors (Lipinski definition) is 12. The number of ether oxygens (including phenoxy) is 2. The van der Waals surface area contributed by atoms with Crippen molar-refractivity contribution in [3.63, 3.8) is 0 Å². The Hall–Kier alpha value is -1.15. The third-order valence-corrected chi connectivity index (χ3v) is 8.93. The van der Waals surface area contributed by atoms with Gasteiger partial charge in [-0.2, -0.15) is 0 Å². The maximum absolute atomic E-state index is 12.6. The summed E-state index contributed by atoms with van der Waals surface area (Å²) in [7, 11) is -5.09. The minimum Gasteiger partial charge on any atom is -0.462 e. The molecule has 1 saturated carbocycles. The molecule has 0 aromatic carbocycles. The lowest BCUT2D eigenvalue weighted by Gasteiger charge is -2.41. The van der Waals surface area contributed by atoms with E-state index in [1.807, 2.05) is 0 Å². The topological polar surface area (TPSA) is 210 Å². The van der Waals surface area contributed by atoms with Crippen LogP contribution in [-0.4, -0.2) is 98.3 Å². The summed E-state index contributed by atoms with van der Waals surface area (Å²) in [4.78, 5) is 35.0. The summed E-state index contributed by atoms with van der Waals surface area (Å²) in [6.45, 7) is 3.12. The minimum absolute atomic E-state index is 0.102. The number of esters is 2. The number of phosphoric ester groups is 1. The Morgan fingerprint density at radius 1 is 0.600 bits per heavy atom. The molecule has 1 fully saturated rings. The van der Waals surface area contributed by atoms with Gasteiger partial charge in [0.2, 0.25) is 0 Å². The summed E-state index contributed by atoms with van der Waals surface area (Å²) >= 11 is 0. The molecule has 0 aromatic rings. The van der Waals surface area contributed by atoms with Crippen molar-refractivity contribution in [2.24, 2.45) is 0 Å². The molecule has 45 heavy (non-hydrogen) atoms. The largest absolute Gasteiger partial charge is 0.472 e. The second-order valence-corrected chi connectivity index (χ2v) is 13.4. The van der Waals surface area contributed by atoms with Crippen LogP contribution in [0.25, 0.3) is 0 Å². The van der Waals surface area contributed by atoms with Gasteiger partial charge in [0.15, 0.2) is 6.10 Å². The zero-order valence-electron chi connectivity index (χ0n) is 27.2. The van der Waals surface area contributed by atoms with Crippen molar-refractivity contribution in [3.05, 3.63) is 0 Å². The van der Waals surface area contributed by atoms with Gasteiger partial charge in [0.25, 0.3) is 0 Å². The molecule has 0 amide bonds. The summed E-state index contributed by atoms with van der Waals surface area (Å²) in [5.41, 5.74) is 0. The van der Waals surface area contributed by atoms with Gasteiger partial charge in [-0.1, -0.05) is 104 Å². The van der Waals surface area contributed by atoms with E-state index in [1.165, 1.54) is 38.5 Å². The Labute approximate surface area is 268 Å². The van der Waals surface area contributed by atoms with E-state index in [9.17, 15) is 44.6 Å². The van der Waals surface area contributed by atoms with Gasteiger partial charge in [-0.05, 0) is 12.8 Å². The van der Waals surface area contributed by atoms with Crippen LogP contribution in [0.15, 0.2) is 0 Å². The predicted molar refractivity (Wildman–Crippen MR) is 166 cm³/mol. The molecule has 0 bridgehead atoms. The molecule has 1 rings (SSSR count). The Kier molecular flexibility index (Phi) is 22.4. The first-order valence-corrected chi connectivity index (χ1v) is 18.3. The van der Waals surface area contributed by atoms with Crippen LogP contribution in [-0.2, 0) is 32.7 Å². The van der Waals surface area contributed by atoms with E-state index < -0.39 is 75.7 Å². The van der Waals surface area contributed by atoms with Crippen LogP contribution < -0.4 is 0 Å². The number of aliphatic hydroxyl groups excluding tert-OH is 5. The first-order valence-electron chi connectivity index (χ1n) is 16.8. The predicted octanol–water partition coefficient (Wildman–Crippen LogP) is 3.82. The van der Waals surface area contributed by atoms with Gasteiger partial charge < -0.3 is 39.9 Å². The average molecular weight is 671 g/mol. The molecular formula is C31H59O13P. The van der Waals surface area contributed by atoms with Gasteiger partial charge in [-0.15, -0.1) is 0 Å². The van der Waals surface area contributed by atoms with Crippen LogP contribution in [0.3, 0.4) is 0 Å². The molecule has 0 saturated heterocycles. The van der Waals surface area contributed by atoms with Gasteiger partial charge >= 0.3 is 19.8 Å². The van der Waals surface area contributed by atoms with Crippen molar-refractivity contribution in [3.8, 4) is 0 Å². The Morgan fingerprint density at radius 2 is 1.00 bits per heavy atom. The lowest BCUT2D eigenvalue weighted by Crippen LogP contribution is -2.64. The van der Waals surface area contributed by atoms with Gasteiger partial charge in [0.05, 0.1) is 6.61 Å². The number of phosphoric acid groups is 1. The number of carbonyl (C=O) groups excluding carboxylic acids is 2. The normalized spacial score (nSPS) is 25.4. The highest BCUT2D eigenvalue weighted by molar-refractivity contribution is 7.47. The second-order valence-electron chi connectivity index (χ2n) is 12.0. The molecular weight excluding hydrogens is 611 g/mol. The molecule has 0 aliphatic heterocycles. The minimum atomic E-state index is -5.09. The monoisotopic (exact) mass is 670 g/mol. The molecule has 0 aromatic heterocycles. The fourth-order valence-electron chi connectivity index (χ4n) is 5.11. The second kappa shape index (κ2) is 24.1. The number of unbranched alkanes of at least 4 members (excludes halogenated alkanes) is 14. The van der Waals surface area contributed by atoms with Gasteiger partial charge in [-0.3, -0.25) is 18.6 Å². The molecule has 3 unspecified atom stereocenters. The standard InChI is InChI=1S/C31H59O13P/c1-3-5-7-9-10-11-12-13-14-16-18-20-25(33)43-23(21-41-24(32)19-17-15-8-6-4-2)22-42-45(39,40)44-31-29(37)27(35)26(34)28(36)30(31)38/h23,26-31,34-38H,3-22H2,1-2H3,(H,39,40)/t23-,26?,27-,28+,29+,30+,31?/m0/s1. The third-order valence-electron chi connectivity index (χ3n) is 7.95. The molecule has 0 spiro atoms. The van der Waals surface area contributed by atoms with Crippen LogP contribution in [0, 0.1) is 0 Å². The molecule has 8 atom stereocenters. The summed E-state index contributed by atoms with van der Waals surface area (Å²) in [6.07, 6.45) is 3.99. The zero-order chi connectivity index (χ0) is 33.7. The summed E-state index contributed by atoms with van der Waals surface area (Å²) < 4.78 is 33.0. The van der Waals surface area contributed by atoms with E-state index >= 15 is 0 Å². The Morgan fingerprint density at radius 3 is 1.47 bits per heavy atom. The zero-order valence-corrected chi connectivity index (χ0v) is 28.1. The first-order chi connectivity index (χ1) is 21.4. The van der Waals surface area contributed by atoms with E-state index in [4.69, 9.17) is 18.5 Å². The van der Waals surface area contributed by atoms with E-state index in [0.717, 1.165) is 51.4 Å². The van der Waals surface area contributed by atoms with E-state index in [2.05, 4.69) is 13.8 Å². The highest BCUT2D eigenvalue weighted by Gasteiger charge is 2.51. The van der Waals surface area contributed by atoms with Crippen molar-refractivity contribution in [2.45, 2.75) is 172 Å². The lowest BCUT2D eigenvalue weighted by molar-refractivity contribution is -0.220. The SMILES string of the molecule is CCCCCCCCCCCCCC(=O)O[C@@H](COC(=O)CCCCCCC)COP(=O)(O)OC1[C@H](O)[C@H](O)C(O)[C@H](O)[C@H]1O. The van der Waals surface area contributed by atoms with Crippen molar-refractivity contribution < 1.29 is 63.1 Å². The average Bonchev–Trinajstić information content (AvgIpc) is 3.01. The van der Waals surface area contributed by atoms with Crippen LogP contribution in [0.1, 0.15) is 129 Å². The number of aliphatic hydroxyl groups is 5. The molecule has 0 heterocycles.